The summed E-state index contributed by atoms with van der Waals surface area (Å²) in [5, 5.41) is 8.96. The number of aliphatic hydroxyl groups is 1. The third-order valence-electron chi connectivity index (χ3n) is 4.08. The van der Waals surface area contributed by atoms with Crippen molar-refractivity contribution >= 4 is 5.78 Å². The van der Waals surface area contributed by atoms with Crippen LogP contribution in [0.2, 0.25) is 0 Å². The van der Waals surface area contributed by atoms with E-state index in [0.717, 1.165) is 12.8 Å². The smallest absolute Gasteiger partial charge is 0.143 e. The van der Waals surface area contributed by atoms with Crippen molar-refractivity contribution in [3.63, 3.8) is 0 Å². The first-order chi connectivity index (χ1) is 9.20. The van der Waals surface area contributed by atoms with Crippen LogP contribution < -0.4 is 0 Å². The Morgan fingerprint density at radius 1 is 1.37 bits per heavy atom. The van der Waals surface area contributed by atoms with Crippen LogP contribution in [0.4, 0.5) is 0 Å². The van der Waals surface area contributed by atoms with Crippen LogP contribution in [0.3, 0.4) is 0 Å². The molecule has 1 aromatic rings. The molecule has 0 aliphatic heterocycles. The average molecular weight is 262 g/mol. The second-order valence-corrected chi connectivity index (χ2v) is 5.45. The molecule has 0 aromatic heterocycles. The number of ketones is 1. The van der Waals surface area contributed by atoms with E-state index in [2.05, 4.69) is 19.1 Å². The van der Waals surface area contributed by atoms with Crippen molar-refractivity contribution in [2.45, 2.75) is 38.7 Å². The molecule has 1 aromatic carbocycles. The molecule has 0 amide bonds. The van der Waals surface area contributed by atoms with Crippen molar-refractivity contribution in [1.82, 2.24) is 0 Å². The summed E-state index contributed by atoms with van der Waals surface area (Å²) >= 11 is 0. The molecule has 1 aliphatic carbocycles. The van der Waals surface area contributed by atoms with Gasteiger partial charge in [0.2, 0.25) is 0 Å². The highest BCUT2D eigenvalue weighted by Gasteiger charge is 2.33. The van der Waals surface area contributed by atoms with E-state index in [9.17, 15) is 4.79 Å². The molecule has 0 spiro atoms. The highest BCUT2D eigenvalue weighted by molar-refractivity contribution is 5.79. The quantitative estimate of drug-likeness (QED) is 0.830. The van der Waals surface area contributed by atoms with Gasteiger partial charge < -0.3 is 9.84 Å². The van der Waals surface area contributed by atoms with Crippen molar-refractivity contribution in [2.75, 3.05) is 6.79 Å². The number of carbonyl (C=O) groups is 1. The first-order valence-corrected chi connectivity index (χ1v) is 6.98. The van der Waals surface area contributed by atoms with Gasteiger partial charge in [0.05, 0.1) is 6.10 Å². The molecular weight excluding hydrogens is 240 g/mol. The van der Waals surface area contributed by atoms with E-state index in [0.29, 0.717) is 24.7 Å². The monoisotopic (exact) mass is 262 g/mol. The molecule has 0 radical (unpaired) electrons. The number of benzene rings is 1. The van der Waals surface area contributed by atoms with Crippen molar-refractivity contribution in [3.05, 3.63) is 35.9 Å². The van der Waals surface area contributed by atoms with Gasteiger partial charge in [0, 0.05) is 12.8 Å². The minimum absolute atomic E-state index is 0.120. The van der Waals surface area contributed by atoms with Gasteiger partial charge in [-0.15, -0.1) is 0 Å². The second kappa shape index (κ2) is 6.83. The molecule has 19 heavy (non-hydrogen) atoms. The molecule has 3 heteroatoms. The summed E-state index contributed by atoms with van der Waals surface area (Å²) in [6.45, 7) is 1.91. The number of carbonyl (C=O) groups excluding carboxylic acids is 1. The van der Waals surface area contributed by atoms with Gasteiger partial charge in [0.1, 0.15) is 12.6 Å². The number of rotatable bonds is 5. The molecule has 3 atom stereocenters. The predicted molar refractivity (Wildman–Crippen MR) is 73.6 cm³/mol. The lowest BCUT2D eigenvalue weighted by Crippen LogP contribution is -2.36. The lowest BCUT2D eigenvalue weighted by atomic mass is 9.76. The first kappa shape index (κ1) is 14.2. The Kier molecular flexibility index (Phi) is 5.11. The van der Waals surface area contributed by atoms with Crippen molar-refractivity contribution in [3.8, 4) is 0 Å². The minimum atomic E-state index is -0.299. The molecule has 2 rings (SSSR count). The SMILES string of the molecule is CC(Cc1ccccc1)C1CCC(=O)CC1OCO. The maximum absolute atomic E-state index is 11.5. The Bertz CT molecular complexity index is 402. The van der Waals surface area contributed by atoms with Crippen LogP contribution in [0, 0.1) is 11.8 Å². The van der Waals surface area contributed by atoms with Crippen molar-refractivity contribution < 1.29 is 14.6 Å². The Morgan fingerprint density at radius 2 is 2.11 bits per heavy atom. The molecule has 1 saturated carbocycles. The van der Waals surface area contributed by atoms with E-state index in [1.54, 1.807) is 0 Å². The van der Waals surface area contributed by atoms with Crippen LogP contribution in [-0.2, 0) is 16.0 Å². The normalized spacial score (nSPS) is 25.3. The van der Waals surface area contributed by atoms with Crippen LogP contribution in [-0.4, -0.2) is 23.8 Å². The van der Waals surface area contributed by atoms with Gasteiger partial charge in [-0.05, 0) is 30.2 Å². The van der Waals surface area contributed by atoms with Crippen LogP contribution in [0.25, 0.3) is 0 Å². The van der Waals surface area contributed by atoms with E-state index in [-0.39, 0.29) is 18.7 Å². The number of Topliss-reactive ketones (excluding diaryl/α,β-unsaturated/α-hetero) is 1. The van der Waals surface area contributed by atoms with Crippen LogP contribution in [0.15, 0.2) is 30.3 Å². The largest absolute Gasteiger partial charge is 0.371 e. The molecule has 1 fully saturated rings. The molecule has 3 nitrogen and oxygen atoms in total. The van der Waals surface area contributed by atoms with Gasteiger partial charge in [-0.2, -0.15) is 0 Å². The van der Waals surface area contributed by atoms with Gasteiger partial charge in [-0.3, -0.25) is 4.79 Å². The van der Waals surface area contributed by atoms with E-state index >= 15 is 0 Å². The Labute approximate surface area is 114 Å². The Morgan fingerprint density at radius 3 is 2.79 bits per heavy atom. The zero-order chi connectivity index (χ0) is 13.7. The van der Waals surface area contributed by atoms with Gasteiger partial charge >= 0.3 is 0 Å². The fraction of sp³-hybridized carbons (Fsp3) is 0.562. The van der Waals surface area contributed by atoms with E-state index in [1.165, 1.54) is 5.56 Å². The molecule has 0 heterocycles. The number of hydrogen-bond acceptors (Lipinski definition) is 3. The van der Waals surface area contributed by atoms with E-state index in [4.69, 9.17) is 9.84 Å². The van der Waals surface area contributed by atoms with E-state index in [1.807, 2.05) is 18.2 Å². The lowest BCUT2D eigenvalue weighted by Gasteiger charge is -2.34. The third-order valence-corrected chi connectivity index (χ3v) is 4.08. The summed E-state index contributed by atoms with van der Waals surface area (Å²) in [6, 6.07) is 10.4. The molecule has 0 bridgehead atoms. The fourth-order valence-electron chi connectivity index (χ4n) is 3.06. The second-order valence-electron chi connectivity index (χ2n) is 5.45. The van der Waals surface area contributed by atoms with Crippen LogP contribution >= 0.6 is 0 Å². The van der Waals surface area contributed by atoms with Gasteiger partial charge in [-0.25, -0.2) is 0 Å². The summed E-state index contributed by atoms with van der Waals surface area (Å²) in [7, 11) is 0. The summed E-state index contributed by atoms with van der Waals surface area (Å²) in [5.74, 6) is 1.05. The van der Waals surface area contributed by atoms with Crippen molar-refractivity contribution in [2.24, 2.45) is 11.8 Å². The maximum atomic E-state index is 11.5. The van der Waals surface area contributed by atoms with Gasteiger partial charge in [0.25, 0.3) is 0 Å². The average Bonchev–Trinajstić information content (AvgIpc) is 2.40. The van der Waals surface area contributed by atoms with Crippen molar-refractivity contribution in [1.29, 1.82) is 0 Å². The highest BCUT2D eigenvalue weighted by atomic mass is 16.6. The standard InChI is InChI=1S/C16H22O3/c1-12(9-13-5-3-2-4-6-13)15-8-7-14(18)10-16(15)19-11-17/h2-6,12,15-17H,7-11H2,1H3. The molecule has 1 N–H and O–H groups in total. The Balaban J connectivity index is 1.99. The predicted octanol–water partition coefficient (Wildman–Crippen LogP) is 2.57. The number of ether oxygens (including phenoxy) is 1. The number of hydrogen-bond donors (Lipinski definition) is 1. The molecule has 0 saturated heterocycles. The lowest BCUT2D eigenvalue weighted by molar-refractivity contribution is -0.135. The Hall–Kier alpha value is -1.19. The van der Waals surface area contributed by atoms with Gasteiger partial charge in [0.15, 0.2) is 0 Å². The topological polar surface area (TPSA) is 46.5 Å². The van der Waals surface area contributed by atoms with E-state index < -0.39 is 0 Å². The maximum Gasteiger partial charge on any atom is 0.143 e. The van der Waals surface area contributed by atoms with Gasteiger partial charge in [-0.1, -0.05) is 37.3 Å². The molecule has 3 unspecified atom stereocenters. The number of aliphatic hydroxyl groups excluding tert-OH is 1. The molecular formula is C16H22O3. The molecule has 1 aliphatic rings. The zero-order valence-corrected chi connectivity index (χ0v) is 11.4. The highest BCUT2D eigenvalue weighted by Crippen LogP contribution is 2.32. The minimum Gasteiger partial charge on any atom is -0.371 e. The summed E-state index contributed by atoms with van der Waals surface area (Å²) < 4.78 is 5.36. The van der Waals surface area contributed by atoms with Crippen LogP contribution in [0.1, 0.15) is 31.7 Å². The molecule has 104 valence electrons. The summed E-state index contributed by atoms with van der Waals surface area (Å²) in [4.78, 5) is 11.5. The zero-order valence-electron chi connectivity index (χ0n) is 11.4. The van der Waals surface area contributed by atoms with Crippen LogP contribution in [0.5, 0.6) is 0 Å². The summed E-state index contributed by atoms with van der Waals surface area (Å²) in [6.07, 6.45) is 2.84. The fourth-order valence-corrected chi connectivity index (χ4v) is 3.06. The third kappa shape index (κ3) is 3.88. The summed E-state index contributed by atoms with van der Waals surface area (Å²) in [5.41, 5.74) is 1.31. The first-order valence-electron chi connectivity index (χ1n) is 6.98.